The molecule has 0 saturated carbocycles. The fourth-order valence-corrected chi connectivity index (χ4v) is 3.52. The zero-order chi connectivity index (χ0) is 16.2. The molecule has 3 rings (SSSR count). The van der Waals surface area contributed by atoms with Crippen LogP contribution in [0.2, 0.25) is 0 Å². The summed E-state index contributed by atoms with van der Waals surface area (Å²) in [5.74, 6) is -0.0205. The summed E-state index contributed by atoms with van der Waals surface area (Å²) in [6.07, 6.45) is 1.21. The Bertz CT molecular complexity index is 686. The van der Waals surface area contributed by atoms with Gasteiger partial charge in [-0.15, -0.1) is 11.3 Å². The van der Waals surface area contributed by atoms with Gasteiger partial charge in [0, 0.05) is 23.7 Å². The molecule has 6 heteroatoms. The molecule has 2 heterocycles. The summed E-state index contributed by atoms with van der Waals surface area (Å²) in [7, 11) is 0. The second-order valence-corrected chi connectivity index (χ2v) is 6.75. The van der Waals surface area contributed by atoms with Crippen molar-refractivity contribution in [1.29, 1.82) is 0 Å². The summed E-state index contributed by atoms with van der Waals surface area (Å²) < 4.78 is 0. The van der Waals surface area contributed by atoms with E-state index < -0.39 is 6.10 Å². The molecular weight excluding hydrogens is 310 g/mol. The maximum absolute atomic E-state index is 12.8. The SMILES string of the molecule is Cc1ncsc1CNc1ccccc1C(=O)N1CCCC(O)C1. The molecule has 1 aliphatic rings. The molecule has 0 bridgehead atoms. The Morgan fingerprint density at radius 1 is 1.48 bits per heavy atom. The average molecular weight is 331 g/mol. The van der Waals surface area contributed by atoms with Crippen molar-refractivity contribution >= 4 is 22.9 Å². The number of thiazole rings is 1. The Labute approximate surface area is 140 Å². The standard InChI is InChI=1S/C17H21N3O2S/c1-12-16(23-11-19-12)9-18-15-7-3-2-6-14(15)17(22)20-8-4-5-13(21)10-20/h2-3,6-7,11,13,18,21H,4-5,8-10H2,1H3. The van der Waals surface area contributed by atoms with Crippen LogP contribution >= 0.6 is 11.3 Å². The molecule has 1 aromatic heterocycles. The van der Waals surface area contributed by atoms with Crippen molar-refractivity contribution in [3.8, 4) is 0 Å². The number of aliphatic hydroxyl groups is 1. The number of anilines is 1. The van der Waals surface area contributed by atoms with Crippen LogP contribution in [0, 0.1) is 6.92 Å². The van der Waals surface area contributed by atoms with Crippen molar-refractivity contribution in [2.45, 2.75) is 32.4 Å². The number of amides is 1. The first-order valence-electron chi connectivity index (χ1n) is 7.84. The van der Waals surface area contributed by atoms with Gasteiger partial charge in [-0.2, -0.15) is 0 Å². The molecule has 0 spiro atoms. The molecule has 1 fully saturated rings. The van der Waals surface area contributed by atoms with Gasteiger partial charge < -0.3 is 15.3 Å². The van der Waals surface area contributed by atoms with Crippen molar-refractivity contribution in [1.82, 2.24) is 9.88 Å². The van der Waals surface area contributed by atoms with Crippen molar-refractivity contribution < 1.29 is 9.90 Å². The zero-order valence-corrected chi connectivity index (χ0v) is 14.0. The summed E-state index contributed by atoms with van der Waals surface area (Å²) in [6.45, 7) is 3.77. The first kappa shape index (κ1) is 16.0. The van der Waals surface area contributed by atoms with Crippen LogP contribution in [-0.4, -0.2) is 40.1 Å². The van der Waals surface area contributed by atoms with Gasteiger partial charge >= 0.3 is 0 Å². The third-order valence-corrected chi connectivity index (χ3v) is 5.06. The number of benzene rings is 1. The van der Waals surface area contributed by atoms with Crippen LogP contribution in [0.25, 0.3) is 0 Å². The predicted molar refractivity (Wildman–Crippen MR) is 91.8 cm³/mol. The van der Waals surface area contributed by atoms with Crippen LogP contribution in [0.3, 0.4) is 0 Å². The monoisotopic (exact) mass is 331 g/mol. The molecule has 5 nitrogen and oxygen atoms in total. The molecule has 2 N–H and O–H groups in total. The van der Waals surface area contributed by atoms with Crippen molar-refractivity contribution in [2.24, 2.45) is 0 Å². The number of para-hydroxylation sites is 1. The minimum atomic E-state index is -0.410. The Morgan fingerprint density at radius 2 is 2.30 bits per heavy atom. The van der Waals surface area contributed by atoms with Gasteiger partial charge in [-0.25, -0.2) is 4.98 Å². The van der Waals surface area contributed by atoms with E-state index in [0.717, 1.165) is 24.2 Å². The van der Waals surface area contributed by atoms with E-state index in [9.17, 15) is 9.90 Å². The normalized spacial score (nSPS) is 18.0. The van der Waals surface area contributed by atoms with Crippen LogP contribution in [0.4, 0.5) is 5.69 Å². The van der Waals surface area contributed by atoms with E-state index in [0.29, 0.717) is 25.2 Å². The van der Waals surface area contributed by atoms with E-state index in [1.54, 1.807) is 16.2 Å². The Hall–Kier alpha value is -1.92. The molecule has 1 aliphatic heterocycles. The summed E-state index contributed by atoms with van der Waals surface area (Å²) in [5, 5.41) is 13.1. The summed E-state index contributed by atoms with van der Waals surface area (Å²) in [4.78, 5) is 19.9. The zero-order valence-electron chi connectivity index (χ0n) is 13.2. The Balaban J connectivity index is 1.74. The molecule has 1 amide bonds. The number of hydrogen-bond acceptors (Lipinski definition) is 5. The lowest BCUT2D eigenvalue weighted by Crippen LogP contribution is -2.42. The number of piperidine rings is 1. The number of rotatable bonds is 4. The predicted octanol–water partition coefficient (Wildman–Crippen LogP) is 2.66. The van der Waals surface area contributed by atoms with Gasteiger partial charge in [0.15, 0.2) is 0 Å². The van der Waals surface area contributed by atoms with Gasteiger partial charge in [-0.3, -0.25) is 4.79 Å². The third kappa shape index (κ3) is 3.71. The molecule has 122 valence electrons. The first-order chi connectivity index (χ1) is 11.1. The molecule has 1 unspecified atom stereocenters. The molecule has 2 aromatic rings. The highest BCUT2D eigenvalue weighted by Gasteiger charge is 2.24. The number of β-amino-alcohol motifs (C(OH)–C–C–N with tert-alkyl or cyclic N) is 1. The number of carbonyl (C=O) groups is 1. The second kappa shape index (κ2) is 7.10. The fraction of sp³-hybridized carbons (Fsp3) is 0.412. The maximum atomic E-state index is 12.8. The molecule has 1 aromatic carbocycles. The van der Waals surface area contributed by atoms with E-state index in [-0.39, 0.29) is 5.91 Å². The van der Waals surface area contributed by atoms with E-state index in [2.05, 4.69) is 10.3 Å². The van der Waals surface area contributed by atoms with Crippen LogP contribution in [0.1, 0.15) is 33.8 Å². The van der Waals surface area contributed by atoms with Gasteiger partial charge in [-0.1, -0.05) is 12.1 Å². The second-order valence-electron chi connectivity index (χ2n) is 5.81. The molecule has 1 saturated heterocycles. The lowest BCUT2D eigenvalue weighted by molar-refractivity contribution is 0.0474. The number of nitrogens with one attached hydrogen (secondary N) is 1. The Kier molecular flexibility index (Phi) is 4.93. The van der Waals surface area contributed by atoms with E-state index in [4.69, 9.17) is 0 Å². The third-order valence-electron chi connectivity index (χ3n) is 4.13. The number of carbonyl (C=O) groups excluding carboxylic acids is 1. The van der Waals surface area contributed by atoms with Gasteiger partial charge in [0.05, 0.1) is 29.4 Å². The van der Waals surface area contributed by atoms with Gasteiger partial charge in [-0.05, 0) is 31.9 Å². The highest BCUT2D eigenvalue weighted by Crippen LogP contribution is 2.22. The minimum Gasteiger partial charge on any atom is -0.391 e. The number of hydrogen-bond donors (Lipinski definition) is 2. The summed E-state index contributed by atoms with van der Waals surface area (Å²) in [5.41, 5.74) is 4.33. The molecule has 23 heavy (non-hydrogen) atoms. The van der Waals surface area contributed by atoms with Gasteiger partial charge in [0.25, 0.3) is 5.91 Å². The highest BCUT2D eigenvalue weighted by atomic mass is 32.1. The molecule has 1 atom stereocenters. The van der Waals surface area contributed by atoms with Crippen LogP contribution in [0.15, 0.2) is 29.8 Å². The average Bonchev–Trinajstić information content (AvgIpc) is 2.97. The largest absolute Gasteiger partial charge is 0.391 e. The van der Waals surface area contributed by atoms with Crippen LogP contribution in [0.5, 0.6) is 0 Å². The van der Waals surface area contributed by atoms with Crippen molar-refractivity contribution in [3.63, 3.8) is 0 Å². The van der Waals surface area contributed by atoms with E-state index >= 15 is 0 Å². The summed E-state index contributed by atoms with van der Waals surface area (Å²) >= 11 is 1.61. The molecule has 0 aliphatic carbocycles. The lowest BCUT2D eigenvalue weighted by Gasteiger charge is -2.30. The van der Waals surface area contributed by atoms with Crippen LogP contribution < -0.4 is 5.32 Å². The fourth-order valence-electron chi connectivity index (χ4n) is 2.80. The van der Waals surface area contributed by atoms with Gasteiger partial charge in [0.1, 0.15) is 0 Å². The number of aliphatic hydroxyl groups excluding tert-OH is 1. The topological polar surface area (TPSA) is 65.5 Å². The van der Waals surface area contributed by atoms with E-state index in [1.165, 1.54) is 4.88 Å². The van der Waals surface area contributed by atoms with Gasteiger partial charge in [0.2, 0.25) is 0 Å². The van der Waals surface area contributed by atoms with Crippen molar-refractivity contribution in [2.75, 3.05) is 18.4 Å². The molecule has 0 radical (unpaired) electrons. The number of aromatic nitrogens is 1. The molecular formula is C17H21N3O2S. The lowest BCUT2D eigenvalue weighted by atomic mass is 10.1. The quantitative estimate of drug-likeness (QED) is 0.904. The maximum Gasteiger partial charge on any atom is 0.256 e. The number of likely N-dealkylation sites (tertiary alicyclic amines) is 1. The first-order valence-corrected chi connectivity index (χ1v) is 8.72. The number of aryl methyl sites for hydroxylation is 1. The van der Waals surface area contributed by atoms with Crippen molar-refractivity contribution in [3.05, 3.63) is 45.9 Å². The highest BCUT2D eigenvalue weighted by molar-refractivity contribution is 7.09. The minimum absolute atomic E-state index is 0.0205. The number of nitrogens with zero attached hydrogens (tertiary/aromatic N) is 2. The summed E-state index contributed by atoms with van der Waals surface area (Å²) in [6, 6.07) is 7.55. The Morgan fingerprint density at radius 3 is 3.04 bits per heavy atom. The smallest absolute Gasteiger partial charge is 0.256 e. The van der Waals surface area contributed by atoms with E-state index in [1.807, 2.05) is 36.7 Å². The van der Waals surface area contributed by atoms with Crippen LogP contribution in [-0.2, 0) is 6.54 Å².